The standard InChI is InChI=1S/C18H19N5O5/c1-8(25)9-3-2-4-10(5-9)15-20-14-16(21-18(19)22-17(14)27)23(15)13-6-11(26)12(7-24)28-13/h2-5,11-13,24,26H,6-7H2,1H3,(H3,19,21,22,27)/t11-,12+,13+/m0/s1. The molecule has 10 nitrogen and oxygen atoms in total. The number of carbonyl (C=O) groups excluding carboxylic acids is 1. The third-order valence-electron chi connectivity index (χ3n) is 4.77. The van der Waals surface area contributed by atoms with E-state index in [1.54, 1.807) is 28.8 Å². The molecule has 1 fully saturated rings. The van der Waals surface area contributed by atoms with Gasteiger partial charge in [-0.25, -0.2) is 4.98 Å². The first-order valence-electron chi connectivity index (χ1n) is 8.72. The second kappa shape index (κ2) is 6.82. The first-order chi connectivity index (χ1) is 13.4. The molecule has 0 saturated carbocycles. The fourth-order valence-electron chi connectivity index (χ4n) is 3.39. The largest absolute Gasteiger partial charge is 0.394 e. The highest BCUT2D eigenvalue weighted by atomic mass is 16.5. The predicted octanol–water partition coefficient (Wildman–Crippen LogP) is 0.212. The maximum Gasteiger partial charge on any atom is 0.280 e. The quantitative estimate of drug-likeness (QED) is 0.464. The number of H-pyrrole nitrogens is 1. The number of aromatic amines is 1. The van der Waals surface area contributed by atoms with Gasteiger partial charge in [0.1, 0.15) is 18.2 Å². The van der Waals surface area contributed by atoms with E-state index in [9.17, 15) is 19.8 Å². The summed E-state index contributed by atoms with van der Waals surface area (Å²) in [5.41, 5.74) is 6.51. The smallest absolute Gasteiger partial charge is 0.280 e. The maximum absolute atomic E-state index is 12.3. The summed E-state index contributed by atoms with van der Waals surface area (Å²) in [7, 11) is 0. The number of ketones is 1. The van der Waals surface area contributed by atoms with Crippen LogP contribution < -0.4 is 11.3 Å². The Labute approximate surface area is 158 Å². The third kappa shape index (κ3) is 2.97. The molecule has 146 valence electrons. The van der Waals surface area contributed by atoms with E-state index in [0.717, 1.165) is 0 Å². The average Bonchev–Trinajstić information content (AvgIpc) is 3.22. The summed E-state index contributed by atoms with van der Waals surface area (Å²) < 4.78 is 7.33. The van der Waals surface area contributed by atoms with Crippen LogP contribution in [0.4, 0.5) is 5.95 Å². The van der Waals surface area contributed by atoms with E-state index in [-0.39, 0.29) is 35.9 Å². The van der Waals surface area contributed by atoms with E-state index in [4.69, 9.17) is 10.5 Å². The van der Waals surface area contributed by atoms with Crippen LogP contribution in [0.25, 0.3) is 22.6 Å². The molecule has 1 aliphatic heterocycles. The number of aliphatic hydroxyl groups is 2. The van der Waals surface area contributed by atoms with Gasteiger partial charge in [0.25, 0.3) is 5.56 Å². The zero-order valence-electron chi connectivity index (χ0n) is 15.0. The first-order valence-corrected chi connectivity index (χ1v) is 8.72. The lowest BCUT2D eigenvalue weighted by atomic mass is 10.1. The van der Waals surface area contributed by atoms with Crippen molar-refractivity contribution in [2.24, 2.45) is 0 Å². The number of nitrogen functional groups attached to an aromatic ring is 1. The van der Waals surface area contributed by atoms with E-state index in [0.29, 0.717) is 17.0 Å². The lowest BCUT2D eigenvalue weighted by molar-refractivity contribution is -0.0426. The number of carbonyl (C=O) groups is 1. The molecule has 3 heterocycles. The number of nitrogens with two attached hydrogens (primary N) is 1. The van der Waals surface area contributed by atoms with E-state index in [1.807, 2.05) is 0 Å². The van der Waals surface area contributed by atoms with Crippen molar-refractivity contribution in [2.45, 2.75) is 31.8 Å². The summed E-state index contributed by atoms with van der Waals surface area (Å²) >= 11 is 0. The number of fused-ring (bicyclic) bond motifs is 1. The van der Waals surface area contributed by atoms with E-state index < -0.39 is 24.0 Å². The number of anilines is 1. The van der Waals surface area contributed by atoms with Crippen LogP contribution in [0.3, 0.4) is 0 Å². The molecule has 0 spiro atoms. The van der Waals surface area contributed by atoms with Crippen LogP contribution in [0.2, 0.25) is 0 Å². The molecular weight excluding hydrogens is 366 g/mol. The van der Waals surface area contributed by atoms with Crippen molar-refractivity contribution in [1.29, 1.82) is 0 Å². The van der Waals surface area contributed by atoms with Crippen molar-refractivity contribution in [1.82, 2.24) is 19.5 Å². The molecule has 1 saturated heterocycles. The second-order valence-electron chi connectivity index (χ2n) is 6.68. The van der Waals surface area contributed by atoms with Gasteiger partial charge in [0.15, 0.2) is 16.9 Å². The van der Waals surface area contributed by atoms with Crippen molar-refractivity contribution in [3.05, 3.63) is 40.2 Å². The van der Waals surface area contributed by atoms with Gasteiger partial charge in [-0.15, -0.1) is 0 Å². The molecule has 0 aliphatic carbocycles. The van der Waals surface area contributed by atoms with Gasteiger partial charge >= 0.3 is 0 Å². The van der Waals surface area contributed by atoms with Crippen LogP contribution in [0.1, 0.15) is 29.9 Å². The molecule has 1 aliphatic rings. The van der Waals surface area contributed by atoms with Crippen LogP contribution in [-0.2, 0) is 4.74 Å². The lowest BCUT2D eigenvalue weighted by Gasteiger charge is -2.17. The second-order valence-corrected chi connectivity index (χ2v) is 6.68. The summed E-state index contributed by atoms with van der Waals surface area (Å²) in [6.07, 6.45) is -2.20. The molecule has 4 rings (SSSR count). The van der Waals surface area contributed by atoms with Gasteiger partial charge in [0, 0.05) is 17.5 Å². The zero-order valence-corrected chi connectivity index (χ0v) is 15.0. The number of hydrogen-bond donors (Lipinski definition) is 4. The number of benzene rings is 1. The van der Waals surface area contributed by atoms with Crippen molar-refractivity contribution in [3.63, 3.8) is 0 Å². The van der Waals surface area contributed by atoms with Gasteiger partial charge in [-0.05, 0) is 13.0 Å². The number of rotatable bonds is 4. The summed E-state index contributed by atoms with van der Waals surface area (Å²) in [6.45, 7) is 1.10. The number of nitrogens with zero attached hydrogens (tertiary/aromatic N) is 3. The van der Waals surface area contributed by atoms with Crippen LogP contribution >= 0.6 is 0 Å². The van der Waals surface area contributed by atoms with Crippen LogP contribution in [-0.4, -0.2) is 54.3 Å². The molecule has 0 bridgehead atoms. The summed E-state index contributed by atoms with van der Waals surface area (Å²) in [5, 5.41) is 19.5. The molecule has 3 aromatic rings. The van der Waals surface area contributed by atoms with Crippen molar-refractivity contribution < 1.29 is 19.7 Å². The maximum atomic E-state index is 12.3. The predicted molar refractivity (Wildman–Crippen MR) is 99.6 cm³/mol. The highest BCUT2D eigenvalue weighted by molar-refractivity contribution is 5.95. The van der Waals surface area contributed by atoms with Gasteiger partial charge in [0.05, 0.1) is 12.7 Å². The van der Waals surface area contributed by atoms with E-state index in [1.165, 1.54) is 6.92 Å². The highest BCUT2D eigenvalue weighted by Crippen LogP contribution is 2.35. The van der Waals surface area contributed by atoms with Crippen LogP contribution in [0.15, 0.2) is 29.1 Å². The van der Waals surface area contributed by atoms with E-state index >= 15 is 0 Å². The number of aromatic nitrogens is 4. The number of Topliss-reactive ketones (excluding diaryl/α,β-unsaturated/α-hetero) is 1. The Bertz CT molecular complexity index is 1120. The summed E-state index contributed by atoms with van der Waals surface area (Å²) in [4.78, 5) is 35.1. The van der Waals surface area contributed by atoms with Crippen molar-refractivity contribution in [2.75, 3.05) is 12.3 Å². The molecule has 3 atom stereocenters. The molecule has 0 radical (unpaired) electrons. The van der Waals surface area contributed by atoms with Gasteiger partial charge < -0.3 is 20.7 Å². The fraction of sp³-hybridized carbons (Fsp3) is 0.333. The van der Waals surface area contributed by atoms with Gasteiger partial charge in [-0.1, -0.05) is 18.2 Å². The Morgan fingerprint density at radius 3 is 2.89 bits per heavy atom. The Hall–Kier alpha value is -3.08. The van der Waals surface area contributed by atoms with Gasteiger partial charge in [-0.3, -0.25) is 19.1 Å². The summed E-state index contributed by atoms with van der Waals surface area (Å²) in [5.74, 6) is 0.148. The molecule has 0 amide bonds. The van der Waals surface area contributed by atoms with Crippen LogP contribution in [0.5, 0.6) is 0 Å². The SMILES string of the molecule is CC(=O)c1cccc(-c2nc3c(=O)[nH]c(N)nc3n2[C@H]2C[C@H](O)[C@@H](CO)O2)c1. The lowest BCUT2D eigenvalue weighted by Crippen LogP contribution is -2.24. The monoisotopic (exact) mass is 385 g/mol. The fourth-order valence-corrected chi connectivity index (χ4v) is 3.39. The Morgan fingerprint density at radius 2 is 2.21 bits per heavy atom. The normalized spacial score (nSPS) is 22.0. The minimum Gasteiger partial charge on any atom is -0.394 e. The Kier molecular flexibility index (Phi) is 4.46. The highest BCUT2D eigenvalue weighted by Gasteiger charge is 2.37. The number of imidazole rings is 1. The summed E-state index contributed by atoms with van der Waals surface area (Å²) in [6, 6.07) is 6.80. The number of nitrogens with one attached hydrogen (secondary N) is 1. The van der Waals surface area contributed by atoms with Gasteiger partial charge in [-0.2, -0.15) is 4.98 Å². The first kappa shape index (κ1) is 18.3. The number of hydrogen-bond acceptors (Lipinski definition) is 8. The number of ether oxygens (including phenoxy) is 1. The number of aliphatic hydroxyl groups excluding tert-OH is 2. The van der Waals surface area contributed by atoms with Crippen molar-refractivity contribution in [3.8, 4) is 11.4 Å². The Balaban J connectivity index is 1.96. The minimum absolute atomic E-state index is 0.0583. The average molecular weight is 385 g/mol. The molecule has 28 heavy (non-hydrogen) atoms. The van der Waals surface area contributed by atoms with Crippen LogP contribution in [0, 0.1) is 0 Å². The van der Waals surface area contributed by atoms with E-state index in [2.05, 4.69) is 15.0 Å². The minimum atomic E-state index is -0.886. The zero-order chi connectivity index (χ0) is 20.0. The molecular formula is C18H19N5O5. The topological polar surface area (TPSA) is 156 Å². The molecule has 1 aromatic carbocycles. The van der Waals surface area contributed by atoms with Crippen molar-refractivity contribution >= 4 is 22.9 Å². The molecule has 2 aromatic heterocycles. The molecule has 5 N–H and O–H groups in total. The molecule has 0 unspecified atom stereocenters. The third-order valence-corrected chi connectivity index (χ3v) is 4.77. The molecule has 10 heteroatoms. The van der Waals surface area contributed by atoms with Gasteiger partial charge in [0.2, 0.25) is 5.95 Å². The Morgan fingerprint density at radius 1 is 1.43 bits per heavy atom.